The van der Waals surface area contributed by atoms with Crippen LogP contribution in [0, 0.1) is 5.92 Å². The fourth-order valence-corrected chi connectivity index (χ4v) is 3.60. The summed E-state index contributed by atoms with van der Waals surface area (Å²) in [6, 6.07) is 0. The van der Waals surface area contributed by atoms with Gasteiger partial charge in [-0.25, -0.2) is 0 Å². The molecule has 0 aromatic rings. The Morgan fingerprint density at radius 1 is 1.62 bits per heavy atom. The molecule has 0 amide bonds. The van der Waals surface area contributed by atoms with Crippen molar-refractivity contribution in [1.82, 2.24) is 0 Å². The Hall–Kier alpha value is -0.0700. The normalized spacial score (nSPS) is 28.2. The second-order valence-electron chi connectivity index (χ2n) is 4.22. The van der Waals surface area contributed by atoms with Gasteiger partial charge in [-0.2, -0.15) is 0 Å². The average Bonchev–Trinajstić information content (AvgIpc) is 2.30. The molecule has 1 aliphatic heterocycles. The van der Waals surface area contributed by atoms with Crippen LogP contribution < -0.4 is 0 Å². The fraction of sp³-hybridized carbons (Fsp3) is 0.800. The predicted molar refractivity (Wildman–Crippen MR) is 56.5 cm³/mol. The first-order valence-corrected chi connectivity index (χ1v) is 6.89. The first-order valence-electron chi connectivity index (χ1n) is 4.90. The molecule has 0 fully saturated rings. The summed E-state index contributed by atoms with van der Waals surface area (Å²) in [5.74, 6) is 0.628. The lowest BCUT2D eigenvalue weighted by Crippen LogP contribution is -1.99. The maximum absolute atomic E-state index is 11.9. The first kappa shape index (κ1) is 11.0. The second kappa shape index (κ2) is 4.43. The monoisotopic (exact) mass is 202 g/mol. The third-order valence-corrected chi connectivity index (χ3v) is 4.60. The van der Waals surface area contributed by atoms with E-state index in [1.165, 1.54) is 5.57 Å². The van der Waals surface area contributed by atoms with E-state index in [0.29, 0.717) is 24.8 Å². The van der Waals surface area contributed by atoms with Crippen molar-refractivity contribution in [2.45, 2.75) is 27.2 Å². The van der Waals surface area contributed by atoms with Crippen LogP contribution in [0.1, 0.15) is 27.2 Å². The third-order valence-electron chi connectivity index (χ3n) is 2.23. The van der Waals surface area contributed by atoms with E-state index < -0.39 is 7.37 Å². The van der Waals surface area contributed by atoms with Crippen molar-refractivity contribution in [3.63, 3.8) is 0 Å². The van der Waals surface area contributed by atoms with Gasteiger partial charge >= 0.3 is 0 Å². The zero-order valence-corrected chi connectivity index (χ0v) is 9.64. The smallest absolute Gasteiger partial charge is 0.210 e. The minimum absolute atomic E-state index is 0.628. The van der Waals surface area contributed by atoms with Crippen LogP contribution in [0.2, 0.25) is 0 Å². The van der Waals surface area contributed by atoms with Crippen LogP contribution in [-0.2, 0) is 9.09 Å². The van der Waals surface area contributed by atoms with Crippen molar-refractivity contribution in [2.75, 3.05) is 18.9 Å². The molecule has 2 nitrogen and oxygen atoms in total. The van der Waals surface area contributed by atoms with E-state index in [9.17, 15) is 4.57 Å². The molecule has 0 spiro atoms. The quantitative estimate of drug-likeness (QED) is 0.516. The lowest BCUT2D eigenvalue weighted by molar-refractivity contribution is 0.291. The summed E-state index contributed by atoms with van der Waals surface area (Å²) in [6.45, 7) is 6.97. The molecule has 1 heterocycles. The molecule has 3 heteroatoms. The molecule has 0 aromatic carbocycles. The summed E-state index contributed by atoms with van der Waals surface area (Å²) in [7, 11) is -2.27. The number of rotatable bonds is 4. The zero-order valence-electron chi connectivity index (χ0n) is 8.75. The highest BCUT2D eigenvalue weighted by Crippen LogP contribution is 2.52. The summed E-state index contributed by atoms with van der Waals surface area (Å²) in [4.78, 5) is 0. The number of hydrogen-bond acceptors (Lipinski definition) is 2. The molecular formula is C10H19O2P. The van der Waals surface area contributed by atoms with Gasteiger partial charge in [-0.3, -0.25) is 4.57 Å². The Bertz CT molecular complexity index is 243. The van der Waals surface area contributed by atoms with E-state index in [-0.39, 0.29) is 0 Å². The highest BCUT2D eigenvalue weighted by molar-refractivity contribution is 7.59. The number of hydrogen-bond donors (Lipinski definition) is 0. The van der Waals surface area contributed by atoms with Crippen molar-refractivity contribution in [3.8, 4) is 0 Å². The third kappa shape index (κ3) is 3.66. The van der Waals surface area contributed by atoms with E-state index in [1.54, 1.807) is 0 Å². The van der Waals surface area contributed by atoms with Crippen molar-refractivity contribution < 1.29 is 9.09 Å². The van der Waals surface area contributed by atoms with Gasteiger partial charge < -0.3 is 4.52 Å². The molecule has 0 saturated carbocycles. The lowest BCUT2D eigenvalue weighted by Gasteiger charge is -2.13. The van der Waals surface area contributed by atoms with Crippen LogP contribution in [0.5, 0.6) is 0 Å². The van der Waals surface area contributed by atoms with Crippen molar-refractivity contribution >= 4 is 7.37 Å². The molecule has 0 N–H and O–H groups in total. The van der Waals surface area contributed by atoms with Gasteiger partial charge in [-0.15, -0.1) is 0 Å². The van der Waals surface area contributed by atoms with Crippen molar-refractivity contribution in [3.05, 3.63) is 11.6 Å². The highest BCUT2D eigenvalue weighted by atomic mass is 31.2. The average molecular weight is 202 g/mol. The van der Waals surface area contributed by atoms with E-state index in [1.807, 2.05) is 13.0 Å². The maximum atomic E-state index is 11.9. The van der Waals surface area contributed by atoms with Crippen molar-refractivity contribution in [2.24, 2.45) is 5.92 Å². The fourth-order valence-electron chi connectivity index (χ4n) is 1.36. The van der Waals surface area contributed by atoms with Gasteiger partial charge in [0.1, 0.15) is 0 Å². The van der Waals surface area contributed by atoms with Gasteiger partial charge in [-0.1, -0.05) is 25.5 Å². The van der Waals surface area contributed by atoms with Crippen LogP contribution in [0.25, 0.3) is 0 Å². The minimum Gasteiger partial charge on any atom is -0.328 e. The van der Waals surface area contributed by atoms with E-state index >= 15 is 0 Å². The Morgan fingerprint density at radius 3 is 2.77 bits per heavy atom. The Balaban J connectivity index is 2.26. The summed E-state index contributed by atoms with van der Waals surface area (Å²) in [5.41, 5.74) is 1.22. The molecule has 0 aliphatic carbocycles. The molecule has 0 saturated heterocycles. The zero-order chi connectivity index (χ0) is 9.90. The Morgan fingerprint density at radius 2 is 2.31 bits per heavy atom. The maximum Gasteiger partial charge on any atom is 0.210 e. The summed E-state index contributed by atoms with van der Waals surface area (Å²) < 4.78 is 17.4. The van der Waals surface area contributed by atoms with Gasteiger partial charge in [0.15, 0.2) is 0 Å². The molecule has 0 unspecified atom stereocenters. The van der Waals surface area contributed by atoms with Gasteiger partial charge in [-0.05, 0) is 19.3 Å². The summed E-state index contributed by atoms with van der Waals surface area (Å²) >= 11 is 0. The van der Waals surface area contributed by atoms with Gasteiger partial charge in [0.05, 0.1) is 6.61 Å². The standard InChI is InChI=1S/C10H19O2P/c1-9(2)4-6-12-13(11)7-5-10(3)8-13/h5,9H,4,6-8H2,1-3H3/t13-/m1/s1. The molecule has 76 valence electrons. The van der Waals surface area contributed by atoms with Crippen LogP contribution in [0.3, 0.4) is 0 Å². The van der Waals surface area contributed by atoms with Crippen LogP contribution >= 0.6 is 7.37 Å². The second-order valence-corrected chi connectivity index (χ2v) is 6.79. The summed E-state index contributed by atoms with van der Waals surface area (Å²) in [6.07, 6.45) is 4.36. The van der Waals surface area contributed by atoms with Crippen LogP contribution in [-0.4, -0.2) is 18.9 Å². The Kier molecular flexibility index (Phi) is 3.75. The molecular weight excluding hydrogens is 183 g/mol. The molecule has 1 rings (SSSR count). The largest absolute Gasteiger partial charge is 0.328 e. The topological polar surface area (TPSA) is 26.3 Å². The lowest BCUT2D eigenvalue weighted by atomic mass is 10.2. The van der Waals surface area contributed by atoms with Crippen molar-refractivity contribution in [1.29, 1.82) is 0 Å². The van der Waals surface area contributed by atoms with Gasteiger partial charge in [0, 0.05) is 12.3 Å². The summed E-state index contributed by atoms with van der Waals surface area (Å²) in [5, 5.41) is 0. The number of allylic oxidation sites excluding steroid dienone is 2. The Labute approximate surface area is 80.8 Å². The van der Waals surface area contributed by atoms with E-state index in [0.717, 1.165) is 6.42 Å². The first-order chi connectivity index (χ1) is 6.02. The van der Waals surface area contributed by atoms with E-state index in [2.05, 4.69) is 13.8 Å². The van der Waals surface area contributed by atoms with E-state index in [4.69, 9.17) is 4.52 Å². The molecule has 0 aromatic heterocycles. The molecule has 1 aliphatic rings. The molecule has 13 heavy (non-hydrogen) atoms. The highest BCUT2D eigenvalue weighted by Gasteiger charge is 2.26. The SMILES string of the molecule is CC1=CC[P@@](=O)(OCCC(C)C)C1. The minimum atomic E-state index is -2.27. The predicted octanol–water partition coefficient (Wildman–Crippen LogP) is 3.29. The van der Waals surface area contributed by atoms with Gasteiger partial charge in [0.25, 0.3) is 0 Å². The molecule has 0 radical (unpaired) electrons. The van der Waals surface area contributed by atoms with Crippen LogP contribution in [0.15, 0.2) is 11.6 Å². The van der Waals surface area contributed by atoms with Gasteiger partial charge in [0.2, 0.25) is 7.37 Å². The molecule has 0 bridgehead atoms. The molecule has 1 atom stereocenters. The van der Waals surface area contributed by atoms with Crippen LogP contribution in [0.4, 0.5) is 0 Å².